The molecule has 1 aromatic heterocycles. The van der Waals surface area contributed by atoms with Gasteiger partial charge >= 0.3 is 0 Å². The maximum Gasteiger partial charge on any atom is 0.222 e. The smallest absolute Gasteiger partial charge is 0.222 e. The van der Waals surface area contributed by atoms with E-state index in [-0.39, 0.29) is 5.95 Å². The van der Waals surface area contributed by atoms with Crippen molar-refractivity contribution in [3.05, 3.63) is 6.20 Å². The van der Waals surface area contributed by atoms with E-state index >= 15 is 0 Å². The van der Waals surface area contributed by atoms with E-state index in [9.17, 15) is 0 Å². The fourth-order valence-corrected chi connectivity index (χ4v) is 1.49. The van der Waals surface area contributed by atoms with Crippen molar-refractivity contribution in [2.45, 2.75) is 19.8 Å². The fourth-order valence-electron chi connectivity index (χ4n) is 1.49. The Hall–Kier alpha value is -1.56. The third kappa shape index (κ3) is 4.37. The predicted molar refractivity (Wildman–Crippen MR) is 72.0 cm³/mol. The molecule has 0 aliphatic carbocycles. The highest BCUT2D eigenvalue weighted by Crippen LogP contribution is 2.25. The Balaban J connectivity index is 2.75. The molecule has 6 heteroatoms. The summed E-state index contributed by atoms with van der Waals surface area (Å²) < 4.78 is 10.5. The molecule has 0 fully saturated rings. The molecule has 0 saturated heterocycles. The number of ether oxygens (including phenoxy) is 2. The minimum atomic E-state index is 0.257. The van der Waals surface area contributed by atoms with Crippen LogP contribution in [-0.4, -0.2) is 43.9 Å². The highest BCUT2D eigenvalue weighted by atomic mass is 16.5. The standard InChI is InChI=1S/C12H22N4O2/c1-4-5-6-16(2)11-10(18-8-7-17-3)9-14-12(13)15-11/h9H,4-8H2,1-3H3,(H2,13,14,15). The first-order valence-corrected chi connectivity index (χ1v) is 6.14. The molecule has 6 nitrogen and oxygen atoms in total. The minimum absolute atomic E-state index is 0.257. The molecule has 102 valence electrons. The molecule has 0 amide bonds. The second-order valence-electron chi connectivity index (χ2n) is 4.03. The molecule has 0 aliphatic rings. The summed E-state index contributed by atoms with van der Waals surface area (Å²) in [7, 11) is 3.61. The molecule has 18 heavy (non-hydrogen) atoms. The lowest BCUT2D eigenvalue weighted by atomic mass is 10.3. The minimum Gasteiger partial charge on any atom is -0.486 e. The van der Waals surface area contributed by atoms with E-state index in [0.29, 0.717) is 19.0 Å². The molecule has 0 aromatic carbocycles. The van der Waals surface area contributed by atoms with Gasteiger partial charge in [-0.2, -0.15) is 4.98 Å². The maximum atomic E-state index is 5.62. The zero-order valence-corrected chi connectivity index (χ0v) is 11.3. The van der Waals surface area contributed by atoms with E-state index in [1.165, 1.54) is 0 Å². The molecule has 0 saturated carbocycles. The van der Waals surface area contributed by atoms with Crippen LogP contribution < -0.4 is 15.4 Å². The van der Waals surface area contributed by atoms with Crippen molar-refractivity contribution in [2.24, 2.45) is 0 Å². The zero-order chi connectivity index (χ0) is 13.4. The molecule has 0 unspecified atom stereocenters. The van der Waals surface area contributed by atoms with Gasteiger partial charge in [0.2, 0.25) is 5.95 Å². The lowest BCUT2D eigenvalue weighted by molar-refractivity contribution is 0.146. The van der Waals surface area contributed by atoms with E-state index in [2.05, 4.69) is 16.9 Å². The van der Waals surface area contributed by atoms with E-state index < -0.39 is 0 Å². The third-order valence-electron chi connectivity index (χ3n) is 2.51. The van der Waals surface area contributed by atoms with Gasteiger partial charge < -0.3 is 20.1 Å². The number of aromatic nitrogens is 2. The second-order valence-corrected chi connectivity index (χ2v) is 4.03. The summed E-state index contributed by atoms with van der Waals surface area (Å²) in [6.45, 7) is 4.06. The Morgan fingerprint density at radius 1 is 1.39 bits per heavy atom. The molecule has 0 aliphatic heterocycles. The first-order valence-electron chi connectivity index (χ1n) is 6.14. The average Bonchev–Trinajstić information content (AvgIpc) is 2.38. The van der Waals surface area contributed by atoms with Gasteiger partial charge in [0.05, 0.1) is 12.8 Å². The van der Waals surface area contributed by atoms with Crippen LogP contribution in [0.1, 0.15) is 19.8 Å². The van der Waals surface area contributed by atoms with E-state index in [1.807, 2.05) is 11.9 Å². The molecular weight excluding hydrogens is 232 g/mol. The van der Waals surface area contributed by atoms with Crippen LogP contribution in [0.15, 0.2) is 6.20 Å². The molecule has 0 radical (unpaired) electrons. The van der Waals surface area contributed by atoms with Gasteiger partial charge in [-0.15, -0.1) is 0 Å². The number of hydrogen-bond donors (Lipinski definition) is 1. The summed E-state index contributed by atoms with van der Waals surface area (Å²) in [5, 5.41) is 0. The molecule has 1 rings (SSSR count). The van der Waals surface area contributed by atoms with Crippen LogP contribution in [0.2, 0.25) is 0 Å². The number of methoxy groups -OCH3 is 1. The highest BCUT2D eigenvalue weighted by Gasteiger charge is 2.11. The summed E-state index contributed by atoms with van der Waals surface area (Å²) in [5.74, 6) is 1.62. The first kappa shape index (κ1) is 14.5. The van der Waals surface area contributed by atoms with Gasteiger partial charge in [-0.25, -0.2) is 4.98 Å². The van der Waals surface area contributed by atoms with Crippen LogP contribution in [0.25, 0.3) is 0 Å². The summed E-state index contributed by atoms with van der Waals surface area (Å²) in [6.07, 6.45) is 3.83. The first-order chi connectivity index (χ1) is 8.69. The van der Waals surface area contributed by atoms with Gasteiger partial charge in [0, 0.05) is 20.7 Å². The van der Waals surface area contributed by atoms with E-state index in [1.54, 1.807) is 13.3 Å². The van der Waals surface area contributed by atoms with Crippen molar-refractivity contribution >= 4 is 11.8 Å². The topological polar surface area (TPSA) is 73.5 Å². The van der Waals surface area contributed by atoms with E-state index in [0.717, 1.165) is 25.2 Å². The molecule has 0 bridgehead atoms. The molecule has 2 N–H and O–H groups in total. The molecule has 1 aromatic rings. The van der Waals surface area contributed by atoms with Crippen LogP contribution in [-0.2, 0) is 4.74 Å². The van der Waals surface area contributed by atoms with Crippen molar-refractivity contribution in [3.8, 4) is 5.75 Å². The molecular formula is C12H22N4O2. The Morgan fingerprint density at radius 2 is 2.17 bits per heavy atom. The Labute approximate surface area is 108 Å². The number of unbranched alkanes of at least 4 members (excludes halogenated alkanes) is 1. The fraction of sp³-hybridized carbons (Fsp3) is 0.667. The largest absolute Gasteiger partial charge is 0.486 e. The van der Waals surface area contributed by atoms with Gasteiger partial charge in [-0.1, -0.05) is 13.3 Å². The summed E-state index contributed by atoms with van der Waals surface area (Å²) in [4.78, 5) is 10.2. The third-order valence-corrected chi connectivity index (χ3v) is 2.51. The van der Waals surface area contributed by atoms with Gasteiger partial charge in [0.1, 0.15) is 6.61 Å². The van der Waals surface area contributed by atoms with Crippen LogP contribution in [0.3, 0.4) is 0 Å². The highest BCUT2D eigenvalue weighted by molar-refractivity contribution is 5.52. The predicted octanol–water partition coefficient (Wildman–Crippen LogP) is 1.32. The summed E-state index contributed by atoms with van der Waals surface area (Å²) in [6, 6.07) is 0. The van der Waals surface area contributed by atoms with Gasteiger partial charge in [0.25, 0.3) is 0 Å². The summed E-state index contributed by atoms with van der Waals surface area (Å²) >= 11 is 0. The maximum absolute atomic E-state index is 5.62. The Morgan fingerprint density at radius 3 is 2.83 bits per heavy atom. The van der Waals surface area contributed by atoms with Gasteiger partial charge in [-0.3, -0.25) is 0 Å². The second kappa shape index (κ2) is 7.71. The van der Waals surface area contributed by atoms with Crippen molar-refractivity contribution < 1.29 is 9.47 Å². The van der Waals surface area contributed by atoms with Crippen molar-refractivity contribution in [3.63, 3.8) is 0 Å². The molecule has 0 spiro atoms. The average molecular weight is 254 g/mol. The van der Waals surface area contributed by atoms with E-state index in [4.69, 9.17) is 15.2 Å². The lowest BCUT2D eigenvalue weighted by Crippen LogP contribution is -2.21. The lowest BCUT2D eigenvalue weighted by Gasteiger charge is -2.20. The molecule has 0 atom stereocenters. The van der Waals surface area contributed by atoms with Crippen LogP contribution in [0.4, 0.5) is 11.8 Å². The number of nitrogens with zero attached hydrogens (tertiary/aromatic N) is 3. The number of hydrogen-bond acceptors (Lipinski definition) is 6. The Kier molecular flexibility index (Phi) is 6.21. The number of nitrogen functional groups attached to an aromatic ring is 1. The van der Waals surface area contributed by atoms with Crippen molar-refractivity contribution in [2.75, 3.05) is 44.5 Å². The quantitative estimate of drug-likeness (QED) is 0.705. The van der Waals surface area contributed by atoms with Crippen molar-refractivity contribution in [1.82, 2.24) is 9.97 Å². The van der Waals surface area contributed by atoms with Crippen LogP contribution in [0, 0.1) is 0 Å². The Bertz CT molecular complexity index is 360. The zero-order valence-electron chi connectivity index (χ0n) is 11.3. The molecule has 1 heterocycles. The SMILES string of the molecule is CCCCN(C)c1nc(N)ncc1OCCOC. The number of nitrogens with two attached hydrogens (primary N) is 1. The van der Waals surface area contributed by atoms with Crippen LogP contribution >= 0.6 is 0 Å². The number of anilines is 2. The van der Waals surface area contributed by atoms with Crippen molar-refractivity contribution in [1.29, 1.82) is 0 Å². The van der Waals surface area contributed by atoms with Crippen LogP contribution in [0.5, 0.6) is 5.75 Å². The number of rotatable bonds is 8. The normalized spacial score (nSPS) is 10.4. The van der Waals surface area contributed by atoms with Gasteiger partial charge in [0.15, 0.2) is 11.6 Å². The summed E-state index contributed by atoms with van der Waals surface area (Å²) in [5.41, 5.74) is 5.62. The van der Waals surface area contributed by atoms with Gasteiger partial charge in [-0.05, 0) is 6.42 Å². The monoisotopic (exact) mass is 254 g/mol.